The Morgan fingerprint density at radius 1 is 0.645 bits per heavy atom. The molecule has 0 saturated carbocycles. The van der Waals surface area contributed by atoms with Crippen molar-refractivity contribution in [3.05, 3.63) is 71.5 Å². The van der Waals surface area contributed by atoms with Crippen LogP contribution in [0.3, 0.4) is 0 Å². The number of aryl methyl sites for hydroxylation is 2. The highest BCUT2D eigenvalue weighted by Crippen LogP contribution is 2.39. The number of hydrogen-bond donors (Lipinski definition) is 0. The van der Waals surface area contributed by atoms with E-state index in [4.69, 9.17) is 9.97 Å². The molecule has 0 amide bonds. The van der Waals surface area contributed by atoms with Crippen molar-refractivity contribution < 1.29 is 0 Å². The second-order valence-corrected chi connectivity index (χ2v) is 11.5. The van der Waals surface area contributed by atoms with E-state index in [2.05, 4.69) is 110 Å². The van der Waals surface area contributed by atoms with Crippen molar-refractivity contribution in [3.8, 4) is 22.5 Å². The molecule has 3 rings (SSSR count). The molecule has 0 atom stereocenters. The van der Waals surface area contributed by atoms with Crippen molar-refractivity contribution in [2.24, 2.45) is 10.8 Å². The lowest BCUT2D eigenvalue weighted by Crippen LogP contribution is -2.20. The average Bonchev–Trinajstić information content (AvgIpc) is 2.65. The Kier molecular flexibility index (Phi) is 6.69. The highest BCUT2D eigenvalue weighted by Gasteiger charge is 2.28. The first-order valence-corrected chi connectivity index (χ1v) is 11.4. The van der Waals surface area contributed by atoms with Crippen molar-refractivity contribution in [3.63, 3.8) is 0 Å². The molecule has 3 aromatic rings. The van der Waals surface area contributed by atoms with Gasteiger partial charge in [-0.2, -0.15) is 0 Å². The largest absolute Gasteiger partial charge is 0.233 e. The molecule has 164 valence electrons. The summed E-state index contributed by atoms with van der Waals surface area (Å²) in [6, 6.07) is 19.4. The minimum absolute atomic E-state index is 0.210. The van der Waals surface area contributed by atoms with Gasteiger partial charge in [-0.1, -0.05) is 89.1 Å². The molecule has 0 saturated heterocycles. The van der Waals surface area contributed by atoms with Gasteiger partial charge in [0.25, 0.3) is 0 Å². The standard InChI is InChI=1S/C29H38N2/c1-20-11-9-13-22(15-20)25-17-26(23-14-10-12-21(2)16-23)31-27(30-25)24(18-28(3,4)5)19-29(6,7)8/h9-17,24H,18-19H2,1-8H3. The number of nitrogens with zero attached hydrogens (tertiary/aromatic N) is 2. The third-order valence-electron chi connectivity index (χ3n) is 5.45. The van der Waals surface area contributed by atoms with Crippen LogP contribution < -0.4 is 0 Å². The fraction of sp³-hybridized carbons (Fsp3) is 0.448. The van der Waals surface area contributed by atoms with Crippen LogP contribution in [0.25, 0.3) is 22.5 Å². The molecule has 2 nitrogen and oxygen atoms in total. The Hall–Kier alpha value is -2.48. The van der Waals surface area contributed by atoms with Crippen molar-refractivity contribution in [2.75, 3.05) is 0 Å². The second-order valence-electron chi connectivity index (χ2n) is 11.5. The summed E-state index contributed by atoms with van der Waals surface area (Å²) in [5, 5.41) is 0. The van der Waals surface area contributed by atoms with Crippen LogP contribution in [0.1, 0.15) is 77.3 Å². The van der Waals surface area contributed by atoms with E-state index < -0.39 is 0 Å². The summed E-state index contributed by atoms with van der Waals surface area (Å²) in [5.74, 6) is 1.29. The van der Waals surface area contributed by atoms with E-state index in [9.17, 15) is 0 Å². The van der Waals surface area contributed by atoms with Crippen LogP contribution >= 0.6 is 0 Å². The fourth-order valence-electron chi connectivity index (χ4n) is 4.29. The first-order valence-electron chi connectivity index (χ1n) is 11.4. The molecule has 2 heteroatoms. The normalized spacial score (nSPS) is 12.4. The van der Waals surface area contributed by atoms with Crippen molar-refractivity contribution in [2.45, 2.75) is 74.1 Å². The van der Waals surface area contributed by atoms with E-state index in [-0.39, 0.29) is 10.8 Å². The highest BCUT2D eigenvalue weighted by atomic mass is 14.9. The van der Waals surface area contributed by atoms with Crippen LogP contribution in [0.15, 0.2) is 54.6 Å². The maximum Gasteiger partial charge on any atom is 0.132 e. The molecule has 0 N–H and O–H groups in total. The van der Waals surface area contributed by atoms with E-state index in [1.54, 1.807) is 0 Å². The van der Waals surface area contributed by atoms with Gasteiger partial charge in [-0.3, -0.25) is 0 Å². The van der Waals surface area contributed by atoms with Gasteiger partial charge >= 0.3 is 0 Å². The van der Waals surface area contributed by atoms with E-state index in [0.717, 1.165) is 41.2 Å². The average molecular weight is 415 g/mol. The minimum Gasteiger partial charge on any atom is -0.233 e. The molecule has 1 aromatic heterocycles. The zero-order valence-corrected chi connectivity index (χ0v) is 20.6. The third-order valence-corrected chi connectivity index (χ3v) is 5.45. The predicted octanol–water partition coefficient (Wildman–Crippen LogP) is 8.38. The van der Waals surface area contributed by atoms with Gasteiger partial charge in [0, 0.05) is 17.0 Å². The summed E-state index contributed by atoms with van der Waals surface area (Å²) < 4.78 is 0. The van der Waals surface area contributed by atoms with Crippen LogP contribution in [0.2, 0.25) is 0 Å². The molecule has 0 bridgehead atoms. The second kappa shape index (κ2) is 8.94. The smallest absolute Gasteiger partial charge is 0.132 e. The first kappa shape index (κ1) is 23.2. The molecular formula is C29H38N2. The van der Waals surface area contributed by atoms with E-state index in [1.165, 1.54) is 11.1 Å². The highest BCUT2D eigenvalue weighted by molar-refractivity contribution is 5.68. The monoisotopic (exact) mass is 414 g/mol. The topological polar surface area (TPSA) is 25.8 Å². The van der Waals surface area contributed by atoms with Crippen LogP contribution in [0.5, 0.6) is 0 Å². The molecule has 0 aliphatic rings. The molecule has 2 aromatic carbocycles. The van der Waals surface area contributed by atoms with Gasteiger partial charge in [0.15, 0.2) is 0 Å². The molecule has 31 heavy (non-hydrogen) atoms. The number of benzene rings is 2. The molecule has 0 fully saturated rings. The summed E-state index contributed by atoms with van der Waals surface area (Å²) in [5.41, 5.74) is 7.25. The maximum absolute atomic E-state index is 5.15. The Bertz CT molecular complexity index is 955. The fourth-order valence-corrected chi connectivity index (χ4v) is 4.29. The quantitative estimate of drug-likeness (QED) is 0.419. The summed E-state index contributed by atoms with van der Waals surface area (Å²) in [7, 11) is 0. The van der Waals surface area contributed by atoms with Gasteiger partial charge in [0.1, 0.15) is 5.82 Å². The molecule has 0 unspecified atom stereocenters. The van der Waals surface area contributed by atoms with Crippen molar-refractivity contribution >= 4 is 0 Å². The van der Waals surface area contributed by atoms with E-state index in [0.29, 0.717) is 5.92 Å². The van der Waals surface area contributed by atoms with Crippen LogP contribution in [-0.4, -0.2) is 9.97 Å². The Morgan fingerprint density at radius 3 is 1.42 bits per heavy atom. The zero-order chi connectivity index (χ0) is 22.8. The summed E-state index contributed by atoms with van der Waals surface area (Å²) >= 11 is 0. The van der Waals surface area contributed by atoms with Gasteiger partial charge in [0.05, 0.1) is 11.4 Å². The van der Waals surface area contributed by atoms with Gasteiger partial charge in [-0.05, 0) is 55.7 Å². The van der Waals surface area contributed by atoms with Gasteiger partial charge in [0.2, 0.25) is 0 Å². The maximum atomic E-state index is 5.15. The summed E-state index contributed by atoms with van der Waals surface area (Å²) in [6.45, 7) is 18.2. The van der Waals surface area contributed by atoms with E-state index >= 15 is 0 Å². The lowest BCUT2D eigenvalue weighted by atomic mass is 9.76. The molecule has 0 aliphatic carbocycles. The predicted molar refractivity (Wildman–Crippen MR) is 133 cm³/mol. The SMILES string of the molecule is Cc1cccc(-c2cc(-c3cccc(C)c3)nc(C(CC(C)(C)C)CC(C)(C)C)n2)c1. The molecule has 0 spiro atoms. The van der Waals surface area contributed by atoms with Gasteiger partial charge < -0.3 is 0 Å². The Labute approximate surface area is 189 Å². The lowest BCUT2D eigenvalue weighted by molar-refractivity contribution is 0.262. The van der Waals surface area contributed by atoms with Crippen LogP contribution in [-0.2, 0) is 0 Å². The molecule has 1 heterocycles. The van der Waals surface area contributed by atoms with Crippen molar-refractivity contribution in [1.29, 1.82) is 0 Å². The number of aromatic nitrogens is 2. The van der Waals surface area contributed by atoms with Crippen LogP contribution in [0.4, 0.5) is 0 Å². The molecule has 0 radical (unpaired) electrons. The summed E-state index contributed by atoms with van der Waals surface area (Å²) in [6.07, 6.45) is 2.13. The Morgan fingerprint density at radius 2 is 1.06 bits per heavy atom. The van der Waals surface area contributed by atoms with Gasteiger partial charge in [-0.15, -0.1) is 0 Å². The van der Waals surface area contributed by atoms with Crippen molar-refractivity contribution in [1.82, 2.24) is 9.97 Å². The number of rotatable bonds is 5. The molecular weight excluding hydrogens is 376 g/mol. The third kappa shape index (κ3) is 6.75. The zero-order valence-electron chi connectivity index (χ0n) is 20.6. The van der Waals surface area contributed by atoms with Gasteiger partial charge in [-0.25, -0.2) is 9.97 Å². The van der Waals surface area contributed by atoms with Crippen LogP contribution in [0, 0.1) is 24.7 Å². The minimum atomic E-state index is 0.210. The number of hydrogen-bond acceptors (Lipinski definition) is 2. The molecule has 0 aliphatic heterocycles. The lowest BCUT2D eigenvalue weighted by Gasteiger charge is -2.30. The summed E-state index contributed by atoms with van der Waals surface area (Å²) in [4.78, 5) is 10.3. The first-order chi connectivity index (χ1) is 14.4. The van der Waals surface area contributed by atoms with E-state index in [1.807, 2.05) is 0 Å². The Balaban J connectivity index is 2.19.